The Bertz CT molecular complexity index is 560. The number of aliphatic carboxylic acids is 1. The van der Waals surface area contributed by atoms with Gasteiger partial charge in [-0.15, -0.1) is 0 Å². The number of carboxylic acid groups (broad SMARTS) is 1. The predicted octanol–water partition coefficient (Wildman–Crippen LogP) is 3.23. The van der Waals surface area contributed by atoms with Gasteiger partial charge in [-0.2, -0.15) is 0 Å². The number of carbonyl (C=O) groups excluding carboxylic acids is 1. The van der Waals surface area contributed by atoms with Crippen molar-refractivity contribution in [1.82, 2.24) is 5.32 Å². The number of carboxylic acids is 1. The molecule has 1 aromatic rings. The highest BCUT2D eigenvalue weighted by Gasteiger charge is 2.51. The number of carbonyl (C=O) groups is 2. The van der Waals surface area contributed by atoms with E-state index in [1.54, 1.807) is 20.8 Å². The van der Waals surface area contributed by atoms with Crippen molar-refractivity contribution < 1.29 is 19.4 Å². The Kier molecular flexibility index (Phi) is 4.97. The number of rotatable bonds is 6. The highest BCUT2D eigenvalue weighted by atomic mass is 16.6. The van der Waals surface area contributed by atoms with E-state index in [9.17, 15) is 14.7 Å². The molecule has 23 heavy (non-hydrogen) atoms. The van der Waals surface area contributed by atoms with E-state index in [0.717, 1.165) is 18.4 Å². The van der Waals surface area contributed by atoms with Crippen molar-refractivity contribution in [2.75, 3.05) is 6.54 Å². The molecule has 5 heteroatoms. The fraction of sp³-hybridized carbons (Fsp3) is 0.556. The first-order valence-corrected chi connectivity index (χ1v) is 7.97. The molecule has 0 spiro atoms. The van der Waals surface area contributed by atoms with Crippen LogP contribution in [0.25, 0.3) is 0 Å². The quantitative estimate of drug-likeness (QED) is 0.844. The molecule has 0 aromatic heterocycles. The second-order valence-corrected chi connectivity index (χ2v) is 7.25. The number of nitrogens with one attached hydrogen (secondary N) is 1. The van der Waals surface area contributed by atoms with Crippen molar-refractivity contribution in [2.45, 2.75) is 45.6 Å². The van der Waals surface area contributed by atoms with E-state index in [1.807, 2.05) is 30.3 Å². The van der Waals surface area contributed by atoms with Crippen LogP contribution in [-0.2, 0) is 16.0 Å². The van der Waals surface area contributed by atoms with Gasteiger partial charge in [0.15, 0.2) is 0 Å². The van der Waals surface area contributed by atoms with Crippen molar-refractivity contribution in [3.63, 3.8) is 0 Å². The summed E-state index contributed by atoms with van der Waals surface area (Å²) in [6.45, 7) is 5.42. The summed E-state index contributed by atoms with van der Waals surface area (Å²) in [5.74, 6) is -0.768. The van der Waals surface area contributed by atoms with Gasteiger partial charge in [-0.1, -0.05) is 30.3 Å². The summed E-state index contributed by atoms with van der Waals surface area (Å²) in [5.41, 5.74) is -0.611. The first-order valence-electron chi connectivity index (χ1n) is 7.97. The molecule has 126 valence electrons. The van der Waals surface area contributed by atoms with Crippen LogP contribution in [-0.4, -0.2) is 29.3 Å². The zero-order valence-corrected chi connectivity index (χ0v) is 14.0. The molecule has 0 heterocycles. The molecule has 1 fully saturated rings. The van der Waals surface area contributed by atoms with Gasteiger partial charge in [-0.3, -0.25) is 4.79 Å². The molecule has 1 amide bonds. The summed E-state index contributed by atoms with van der Waals surface area (Å²) >= 11 is 0. The van der Waals surface area contributed by atoms with Crippen LogP contribution in [0.1, 0.15) is 39.2 Å². The third-order valence-corrected chi connectivity index (χ3v) is 4.09. The van der Waals surface area contributed by atoms with E-state index in [4.69, 9.17) is 4.74 Å². The van der Waals surface area contributed by atoms with Crippen LogP contribution in [0.3, 0.4) is 0 Å². The van der Waals surface area contributed by atoms with Gasteiger partial charge in [0.05, 0.1) is 5.41 Å². The SMILES string of the molecule is CC(C)(C)OC(=O)NCC(Cc1ccccc1)(C(=O)O)C1CC1. The minimum atomic E-state index is -0.974. The number of benzene rings is 1. The third-order valence-electron chi connectivity index (χ3n) is 4.09. The van der Waals surface area contributed by atoms with Gasteiger partial charge >= 0.3 is 12.1 Å². The van der Waals surface area contributed by atoms with Gasteiger partial charge in [-0.25, -0.2) is 4.79 Å². The lowest BCUT2D eigenvalue weighted by Gasteiger charge is -2.30. The Balaban J connectivity index is 2.11. The van der Waals surface area contributed by atoms with Crippen LogP contribution in [0.5, 0.6) is 0 Å². The zero-order chi connectivity index (χ0) is 17.1. The molecular formula is C18H25NO4. The average molecular weight is 319 g/mol. The average Bonchev–Trinajstić information content (AvgIpc) is 3.27. The summed E-state index contributed by atoms with van der Waals surface area (Å²) in [5, 5.41) is 12.5. The Morgan fingerprint density at radius 3 is 2.30 bits per heavy atom. The van der Waals surface area contributed by atoms with Gasteiger partial charge in [0.2, 0.25) is 0 Å². The van der Waals surface area contributed by atoms with E-state index >= 15 is 0 Å². The van der Waals surface area contributed by atoms with Crippen LogP contribution in [0.4, 0.5) is 4.79 Å². The molecule has 2 N–H and O–H groups in total. The molecule has 1 unspecified atom stereocenters. The molecule has 0 bridgehead atoms. The molecule has 2 rings (SSSR count). The van der Waals surface area contributed by atoms with Crippen molar-refractivity contribution in [2.24, 2.45) is 11.3 Å². The number of hydrogen-bond acceptors (Lipinski definition) is 3. The van der Waals surface area contributed by atoms with Crippen LogP contribution in [0, 0.1) is 11.3 Å². The van der Waals surface area contributed by atoms with E-state index < -0.39 is 23.1 Å². The number of ether oxygens (including phenoxy) is 1. The van der Waals surface area contributed by atoms with Gasteiger partial charge in [-0.05, 0) is 51.5 Å². The highest BCUT2D eigenvalue weighted by Crippen LogP contribution is 2.47. The van der Waals surface area contributed by atoms with Crippen LogP contribution < -0.4 is 5.32 Å². The predicted molar refractivity (Wildman–Crippen MR) is 87.2 cm³/mol. The maximum Gasteiger partial charge on any atom is 0.407 e. The van der Waals surface area contributed by atoms with Crippen LogP contribution >= 0.6 is 0 Å². The fourth-order valence-electron chi connectivity index (χ4n) is 2.82. The summed E-state index contributed by atoms with van der Waals surface area (Å²) in [7, 11) is 0. The fourth-order valence-corrected chi connectivity index (χ4v) is 2.82. The van der Waals surface area contributed by atoms with Gasteiger partial charge in [0.1, 0.15) is 5.60 Å². The minimum absolute atomic E-state index is 0.0802. The lowest BCUT2D eigenvalue weighted by atomic mass is 9.77. The molecule has 1 atom stereocenters. The van der Waals surface area contributed by atoms with Crippen molar-refractivity contribution in [1.29, 1.82) is 0 Å². The Labute approximate surface area is 137 Å². The van der Waals surface area contributed by atoms with E-state index in [-0.39, 0.29) is 12.5 Å². The summed E-state index contributed by atoms with van der Waals surface area (Å²) in [6.07, 6.45) is 1.60. The van der Waals surface area contributed by atoms with Crippen molar-refractivity contribution in [3.8, 4) is 0 Å². The number of hydrogen-bond donors (Lipinski definition) is 2. The first-order chi connectivity index (χ1) is 10.7. The molecule has 0 saturated heterocycles. The molecule has 1 aromatic carbocycles. The first kappa shape index (κ1) is 17.3. The van der Waals surface area contributed by atoms with E-state index in [2.05, 4.69) is 5.32 Å². The topological polar surface area (TPSA) is 75.6 Å². The summed E-state index contributed by atoms with van der Waals surface area (Å²) in [4.78, 5) is 23.9. The van der Waals surface area contributed by atoms with Gasteiger partial charge in [0, 0.05) is 6.54 Å². The second kappa shape index (κ2) is 6.60. The second-order valence-electron chi connectivity index (χ2n) is 7.25. The molecule has 1 saturated carbocycles. The Hall–Kier alpha value is -2.04. The minimum Gasteiger partial charge on any atom is -0.481 e. The van der Waals surface area contributed by atoms with Gasteiger partial charge in [0.25, 0.3) is 0 Å². The molecular weight excluding hydrogens is 294 g/mol. The lowest BCUT2D eigenvalue weighted by molar-refractivity contribution is -0.150. The standard InChI is InChI=1S/C18H25NO4/c1-17(2,3)23-16(22)19-12-18(15(20)21,14-9-10-14)11-13-7-5-4-6-8-13/h4-8,14H,9-12H2,1-3H3,(H,19,22)(H,20,21). The van der Waals surface area contributed by atoms with Crippen molar-refractivity contribution in [3.05, 3.63) is 35.9 Å². The monoisotopic (exact) mass is 319 g/mol. The molecule has 1 aliphatic carbocycles. The molecule has 5 nitrogen and oxygen atoms in total. The lowest BCUT2D eigenvalue weighted by Crippen LogP contribution is -2.47. The van der Waals surface area contributed by atoms with Crippen LogP contribution in [0.15, 0.2) is 30.3 Å². The Morgan fingerprint density at radius 2 is 1.83 bits per heavy atom. The van der Waals surface area contributed by atoms with E-state index in [1.165, 1.54) is 0 Å². The number of amides is 1. The third kappa shape index (κ3) is 4.71. The molecule has 0 aliphatic heterocycles. The number of alkyl carbamates (subject to hydrolysis) is 1. The molecule has 1 aliphatic rings. The van der Waals surface area contributed by atoms with Crippen molar-refractivity contribution >= 4 is 12.1 Å². The van der Waals surface area contributed by atoms with Gasteiger partial charge < -0.3 is 15.2 Å². The Morgan fingerprint density at radius 1 is 1.22 bits per heavy atom. The van der Waals surface area contributed by atoms with Crippen LogP contribution in [0.2, 0.25) is 0 Å². The zero-order valence-electron chi connectivity index (χ0n) is 14.0. The largest absolute Gasteiger partial charge is 0.481 e. The maximum atomic E-state index is 12.0. The molecule has 0 radical (unpaired) electrons. The smallest absolute Gasteiger partial charge is 0.407 e. The van der Waals surface area contributed by atoms with E-state index in [0.29, 0.717) is 6.42 Å². The maximum absolute atomic E-state index is 12.0. The normalized spacial score (nSPS) is 17.2. The summed E-state index contributed by atoms with van der Waals surface area (Å²) in [6, 6.07) is 9.55. The summed E-state index contributed by atoms with van der Waals surface area (Å²) < 4.78 is 5.22. The highest BCUT2D eigenvalue weighted by molar-refractivity contribution is 5.78.